The van der Waals surface area contributed by atoms with Gasteiger partial charge in [0, 0.05) is 45.0 Å². The van der Waals surface area contributed by atoms with Gasteiger partial charge in [0.1, 0.15) is 0 Å². The van der Waals surface area contributed by atoms with E-state index in [9.17, 15) is 9.59 Å². The molecule has 1 aliphatic carbocycles. The van der Waals surface area contributed by atoms with Crippen LogP contribution in [0.1, 0.15) is 45.1 Å². The van der Waals surface area contributed by atoms with Gasteiger partial charge >= 0.3 is 0 Å². The molecule has 1 amide bonds. The maximum Gasteiger partial charge on any atom is 0.254 e. The molecular weight excluding hydrogens is 440 g/mol. The fourth-order valence-electron chi connectivity index (χ4n) is 4.48. The Morgan fingerprint density at radius 1 is 1.10 bits per heavy atom. The number of amides is 1. The van der Waals surface area contributed by atoms with Crippen molar-refractivity contribution in [3.05, 3.63) is 87.2 Å². The molecule has 1 aliphatic heterocycles. The number of hydrogen-bond donors (Lipinski definition) is 2. The van der Waals surface area contributed by atoms with Gasteiger partial charge in [0.15, 0.2) is 5.78 Å². The van der Waals surface area contributed by atoms with E-state index < -0.39 is 5.92 Å². The lowest BCUT2D eigenvalue weighted by atomic mass is 9.68. The van der Waals surface area contributed by atoms with Crippen molar-refractivity contribution in [2.45, 2.75) is 39.5 Å². The predicted octanol–water partition coefficient (Wildman–Crippen LogP) is 5.69. The molecule has 0 spiro atoms. The van der Waals surface area contributed by atoms with Gasteiger partial charge in [-0.25, -0.2) is 0 Å². The smallest absolute Gasteiger partial charge is 0.254 e. The second-order valence-electron chi connectivity index (χ2n) is 8.81. The van der Waals surface area contributed by atoms with Crippen LogP contribution in [0.5, 0.6) is 0 Å². The summed E-state index contributed by atoms with van der Waals surface area (Å²) in [5, 5.41) is 6.40. The monoisotopic (exact) mass is 464 g/mol. The molecule has 5 heteroatoms. The zero-order valence-electron chi connectivity index (χ0n) is 17.4. The van der Waals surface area contributed by atoms with Crippen molar-refractivity contribution in [2.75, 3.05) is 5.32 Å². The molecule has 2 N–H and O–H groups in total. The van der Waals surface area contributed by atoms with E-state index in [0.717, 1.165) is 39.1 Å². The predicted molar refractivity (Wildman–Crippen MR) is 123 cm³/mol. The van der Waals surface area contributed by atoms with Crippen LogP contribution < -0.4 is 10.6 Å². The van der Waals surface area contributed by atoms with Crippen molar-refractivity contribution in [1.82, 2.24) is 5.32 Å². The van der Waals surface area contributed by atoms with Gasteiger partial charge in [-0.3, -0.25) is 9.59 Å². The number of Topliss-reactive ketones (excluding diaryl/α,β-unsaturated/α-hetero) is 1. The third-order valence-corrected chi connectivity index (χ3v) is 6.19. The van der Waals surface area contributed by atoms with Gasteiger partial charge in [-0.1, -0.05) is 60.1 Å². The zero-order valence-corrected chi connectivity index (χ0v) is 19.0. The van der Waals surface area contributed by atoms with Crippen LogP contribution in [-0.4, -0.2) is 11.7 Å². The van der Waals surface area contributed by atoms with Gasteiger partial charge < -0.3 is 10.6 Å². The lowest BCUT2D eigenvalue weighted by Gasteiger charge is -2.39. The first kappa shape index (κ1) is 20.6. The summed E-state index contributed by atoms with van der Waals surface area (Å²) < 4.78 is 0.921. The van der Waals surface area contributed by atoms with Crippen molar-refractivity contribution in [3.63, 3.8) is 0 Å². The number of carbonyl (C=O) groups excluding carboxylic acids is 2. The van der Waals surface area contributed by atoms with E-state index in [2.05, 4.69) is 40.4 Å². The molecule has 1 unspecified atom stereocenters. The van der Waals surface area contributed by atoms with Crippen LogP contribution in [0.3, 0.4) is 0 Å². The van der Waals surface area contributed by atoms with Crippen LogP contribution in [0.25, 0.3) is 0 Å². The summed E-state index contributed by atoms with van der Waals surface area (Å²) in [6.07, 6.45) is 1.26. The van der Waals surface area contributed by atoms with E-state index in [0.29, 0.717) is 12.0 Å². The standard InChI is InChI=1S/C25H25BrN2O2/c1-15-21(24(30)28-18-10-5-4-6-11-18)22(16-8-7-9-17(26)12-16)23-19(27-15)13-25(2,3)14-20(23)29/h4-12,22,27H,13-14H2,1-3H3,(H,28,30). The SMILES string of the molecule is CC1=C(C(=O)Nc2ccccc2)C(c2cccc(Br)c2)C2=C(CC(C)(C)CC2=O)N1. The van der Waals surface area contributed by atoms with Crippen LogP contribution >= 0.6 is 15.9 Å². The van der Waals surface area contributed by atoms with Crippen molar-refractivity contribution in [1.29, 1.82) is 0 Å². The third-order valence-electron chi connectivity index (χ3n) is 5.70. The number of para-hydroxylation sites is 1. The molecule has 0 saturated carbocycles. The van der Waals surface area contributed by atoms with Gasteiger partial charge in [-0.05, 0) is 48.6 Å². The summed E-state index contributed by atoms with van der Waals surface area (Å²) in [5.74, 6) is -0.484. The van der Waals surface area contributed by atoms with E-state index in [4.69, 9.17) is 0 Å². The van der Waals surface area contributed by atoms with Crippen LogP contribution in [0.2, 0.25) is 0 Å². The maximum absolute atomic E-state index is 13.4. The number of hydrogen-bond acceptors (Lipinski definition) is 3. The van der Waals surface area contributed by atoms with Gasteiger partial charge in [-0.2, -0.15) is 0 Å². The second kappa shape index (κ2) is 7.88. The Kier molecular flexibility index (Phi) is 5.41. The average molecular weight is 465 g/mol. The summed E-state index contributed by atoms with van der Waals surface area (Å²) in [7, 11) is 0. The number of rotatable bonds is 3. The van der Waals surface area contributed by atoms with E-state index in [1.165, 1.54) is 0 Å². The lowest BCUT2D eigenvalue weighted by Crippen LogP contribution is -2.39. The molecule has 0 bridgehead atoms. The number of ketones is 1. The zero-order chi connectivity index (χ0) is 21.5. The van der Waals surface area contributed by atoms with E-state index >= 15 is 0 Å². The number of benzene rings is 2. The highest BCUT2D eigenvalue weighted by atomic mass is 79.9. The van der Waals surface area contributed by atoms with Gasteiger partial charge in [-0.15, -0.1) is 0 Å². The van der Waals surface area contributed by atoms with Crippen molar-refractivity contribution < 1.29 is 9.59 Å². The molecule has 0 fully saturated rings. The normalized spacial score (nSPS) is 20.5. The first-order valence-electron chi connectivity index (χ1n) is 10.1. The van der Waals surface area contributed by atoms with Crippen LogP contribution in [0.15, 0.2) is 81.6 Å². The molecule has 2 aliphatic rings. The largest absolute Gasteiger partial charge is 0.362 e. The number of halogens is 1. The second-order valence-corrected chi connectivity index (χ2v) is 9.72. The highest BCUT2D eigenvalue weighted by Crippen LogP contribution is 2.47. The molecule has 30 heavy (non-hydrogen) atoms. The molecule has 0 aromatic heterocycles. The van der Waals surface area contributed by atoms with E-state index in [-0.39, 0.29) is 17.1 Å². The first-order chi connectivity index (χ1) is 14.2. The van der Waals surface area contributed by atoms with Gasteiger partial charge in [0.2, 0.25) is 0 Å². The van der Waals surface area contributed by atoms with Crippen LogP contribution in [-0.2, 0) is 9.59 Å². The fourth-order valence-corrected chi connectivity index (χ4v) is 4.89. The Morgan fingerprint density at radius 2 is 1.83 bits per heavy atom. The molecule has 0 radical (unpaired) electrons. The minimum Gasteiger partial charge on any atom is -0.362 e. The summed E-state index contributed by atoms with van der Waals surface area (Å²) in [6.45, 7) is 6.14. The molecular formula is C25H25BrN2O2. The molecule has 2 aromatic rings. The van der Waals surface area contributed by atoms with E-state index in [1.807, 2.05) is 61.5 Å². The molecule has 0 saturated heterocycles. The van der Waals surface area contributed by atoms with E-state index in [1.54, 1.807) is 0 Å². The Balaban J connectivity index is 1.82. The van der Waals surface area contributed by atoms with Gasteiger partial charge in [0.25, 0.3) is 5.91 Å². The molecule has 1 atom stereocenters. The number of anilines is 1. The molecule has 4 nitrogen and oxygen atoms in total. The average Bonchev–Trinajstić information content (AvgIpc) is 2.66. The highest BCUT2D eigenvalue weighted by Gasteiger charge is 2.42. The van der Waals surface area contributed by atoms with Crippen LogP contribution in [0.4, 0.5) is 5.69 Å². The first-order valence-corrected chi connectivity index (χ1v) is 10.9. The van der Waals surface area contributed by atoms with Crippen molar-refractivity contribution in [2.24, 2.45) is 5.41 Å². The topological polar surface area (TPSA) is 58.2 Å². The molecule has 1 heterocycles. The Hall–Kier alpha value is -2.66. The Morgan fingerprint density at radius 3 is 2.53 bits per heavy atom. The highest BCUT2D eigenvalue weighted by molar-refractivity contribution is 9.10. The minimum atomic E-state index is -0.397. The number of dihydropyridines is 1. The quantitative estimate of drug-likeness (QED) is 0.612. The maximum atomic E-state index is 13.4. The number of nitrogens with one attached hydrogen (secondary N) is 2. The van der Waals surface area contributed by atoms with Crippen molar-refractivity contribution >= 4 is 33.3 Å². The Labute approximate surface area is 185 Å². The fraction of sp³-hybridized carbons (Fsp3) is 0.280. The summed E-state index contributed by atoms with van der Waals surface area (Å²) in [5.41, 5.74) is 4.60. The Bertz CT molecular complexity index is 1080. The summed E-state index contributed by atoms with van der Waals surface area (Å²) in [6, 6.07) is 17.3. The molecule has 4 rings (SSSR count). The minimum absolute atomic E-state index is 0.102. The van der Waals surface area contributed by atoms with Gasteiger partial charge in [0.05, 0.1) is 0 Å². The van der Waals surface area contributed by atoms with Crippen LogP contribution in [0, 0.1) is 5.41 Å². The molecule has 2 aromatic carbocycles. The lowest BCUT2D eigenvalue weighted by molar-refractivity contribution is -0.118. The third kappa shape index (κ3) is 3.99. The number of allylic oxidation sites excluding steroid dienone is 3. The number of carbonyl (C=O) groups is 2. The summed E-state index contributed by atoms with van der Waals surface area (Å²) in [4.78, 5) is 26.7. The summed E-state index contributed by atoms with van der Waals surface area (Å²) >= 11 is 3.54. The molecule has 154 valence electrons. The van der Waals surface area contributed by atoms with Crippen molar-refractivity contribution in [3.8, 4) is 0 Å².